The second-order valence-electron chi connectivity index (χ2n) is 5.29. The van der Waals surface area contributed by atoms with Crippen LogP contribution < -0.4 is 14.8 Å². The van der Waals surface area contributed by atoms with E-state index in [-0.39, 0.29) is 11.5 Å². The van der Waals surface area contributed by atoms with E-state index in [1.165, 1.54) is 46.1 Å². The van der Waals surface area contributed by atoms with Crippen LogP contribution in [-0.2, 0) is 23.9 Å². The number of benzene rings is 1. The van der Waals surface area contributed by atoms with Gasteiger partial charge in [0.2, 0.25) is 5.91 Å². The highest BCUT2D eigenvalue weighted by Crippen LogP contribution is 2.33. The number of carbonyl (C=O) groups is 4. The Morgan fingerprint density at radius 1 is 1.00 bits per heavy atom. The number of hydrogen-bond donors (Lipinski definition) is 1. The van der Waals surface area contributed by atoms with Gasteiger partial charge >= 0.3 is 11.9 Å². The zero-order valence-electron chi connectivity index (χ0n) is 14.7. The molecule has 8 nitrogen and oxygen atoms in total. The monoisotopic (exact) mass is 351 g/mol. The third-order valence-corrected chi connectivity index (χ3v) is 3.39. The van der Waals surface area contributed by atoms with Crippen LogP contribution in [0.2, 0.25) is 0 Å². The summed E-state index contributed by atoms with van der Waals surface area (Å²) in [6.07, 6.45) is 0. The van der Waals surface area contributed by atoms with Crippen LogP contribution in [0.4, 0.5) is 0 Å². The van der Waals surface area contributed by atoms with Crippen molar-refractivity contribution in [3.8, 4) is 11.5 Å². The first-order valence-corrected chi connectivity index (χ1v) is 7.43. The van der Waals surface area contributed by atoms with E-state index in [0.29, 0.717) is 5.56 Å². The maximum absolute atomic E-state index is 12.0. The molecule has 1 N–H and O–H groups in total. The van der Waals surface area contributed by atoms with E-state index in [4.69, 9.17) is 9.47 Å². The van der Waals surface area contributed by atoms with Crippen molar-refractivity contribution in [3.05, 3.63) is 23.8 Å². The van der Waals surface area contributed by atoms with Crippen molar-refractivity contribution in [3.63, 3.8) is 0 Å². The zero-order valence-corrected chi connectivity index (χ0v) is 14.7. The molecule has 1 amide bonds. The minimum atomic E-state index is -1.22. The second kappa shape index (κ2) is 8.81. The Labute approximate surface area is 145 Å². The molecule has 0 aliphatic rings. The summed E-state index contributed by atoms with van der Waals surface area (Å²) in [5.41, 5.74) is 0.425. The van der Waals surface area contributed by atoms with E-state index in [9.17, 15) is 19.2 Å². The topological polar surface area (TPSA) is 108 Å². The average Bonchev–Trinajstić information content (AvgIpc) is 2.53. The highest BCUT2D eigenvalue weighted by molar-refractivity contribution is 5.99. The van der Waals surface area contributed by atoms with Crippen molar-refractivity contribution in [2.45, 2.75) is 26.8 Å². The van der Waals surface area contributed by atoms with Crippen molar-refractivity contribution in [1.82, 2.24) is 5.32 Å². The van der Waals surface area contributed by atoms with Crippen LogP contribution in [0, 0.1) is 5.92 Å². The second-order valence-corrected chi connectivity index (χ2v) is 5.29. The molecular weight excluding hydrogens is 330 g/mol. The SMILES string of the molecule is COC(=O)[C@H](C(C)=O)[C@@H](NC(C)=O)c1ccc(OC(C)=O)c(OC)c1. The van der Waals surface area contributed by atoms with E-state index >= 15 is 0 Å². The first-order valence-electron chi connectivity index (χ1n) is 7.43. The number of ketones is 1. The Kier molecular flexibility index (Phi) is 7.10. The maximum atomic E-state index is 12.0. The first-order chi connectivity index (χ1) is 11.7. The molecule has 0 aliphatic carbocycles. The molecule has 1 rings (SSSR count). The van der Waals surface area contributed by atoms with Crippen molar-refractivity contribution in [2.24, 2.45) is 5.92 Å². The van der Waals surface area contributed by atoms with E-state index < -0.39 is 35.6 Å². The van der Waals surface area contributed by atoms with E-state index in [2.05, 4.69) is 10.1 Å². The van der Waals surface area contributed by atoms with E-state index in [0.717, 1.165) is 7.11 Å². The van der Waals surface area contributed by atoms with Crippen molar-refractivity contribution in [1.29, 1.82) is 0 Å². The first kappa shape index (κ1) is 20.1. The number of methoxy groups -OCH3 is 2. The number of hydrogen-bond acceptors (Lipinski definition) is 7. The molecule has 0 heterocycles. The summed E-state index contributed by atoms with van der Waals surface area (Å²) in [5, 5.41) is 2.58. The fraction of sp³-hybridized carbons (Fsp3) is 0.412. The average molecular weight is 351 g/mol. The Morgan fingerprint density at radius 2 is 1.64 bits per heavy atom. The van der Waals surface area contributed by atoms with Gasteiger partial charge in [-0.1, -0.05) is 6.07 Å². The number of nitrogens with one attached hydrogen (secondary N) is 1. The Balaban J connectivity index is 3.39. The normalized spacial score (nSPS) is 12.5. The lowest BCUT2D eigenvalue weighted by Crippen LogP contribution is -2.39. The fourth-order valence-electron chi connectivity index (χ4n) is 2.36. The smallest absolute Gasteiger partial charge is 0.318 e. The number of Topliss-reactive ketones (excluding diaryl/α,β-unsaturated/α-hetero) is 1. The number of esters is 2. The van der Waals surface area contributed by atoms with Gasteiger partial charge in [-0.25, -0.2) is 0 Å². The van der Waals surface area contributed by atoms with Gasteiger partial charge in [0, 0.05) is 13.8 Å². The highest BCUT2D eigenvalue weighted by Gasteiger charge is 2.35. The molecule has 1 aromatic rings. The fourth-order valence-corrected chi connectivity index (χ4v) is 2.36. The molecule has 0 aromatic heterocycles. The largest absolute Gasteiger partial charge is 0.493 e. The number of carbonyl (C=O) groups excluding carboxylic acids is 4. The molecule has 1 aromatic carbocycles. The van der Waals surface area contributed by atoms with Gasteiger partial charge in [0.1, 0.15) is 11.7 Å². The van der Waals surface area contributed by atoms with Gasteiger partial charge in [-0.2, -0.15) is 0 Å². The van der Waals surface area contributed by atoms with Crippen LogP contribution >= 0.6 is 0 Å². The van der Waals surface area contributed by atoms with Crippen LogP contribution in [-0.4, -0.2) is 37.8 Å². The van der Waals surface area contributed by atoms with Gasteiger partial charge in [0.25, 0.3) is 0 Å². The summed E-state index contributed by atoms with van der Waals surface area (Å²) in [7, 11) is 2.54. The molecule has 8 heteroatoms. The molecule has 0 fully saturated rings. The lowest BCUT2D eigenvalue weighted by Gasteiger charge is -2.25. The summed E-state index contributed by atoms with van der Waals surface area (Å²) < 4.78 is 14.9. The summed E-state index contributed by atoms with van der Waals surface area (Å²) >= 11 is 0. The molecule has 0 spiro atoms. The van der Waals surface area contributed by atoms with Gasteiger partial charge in [-0.15, -0.1) is 0 Å². The van der Waals surface area contributed by atoms with Gasteiger partial charge in [-0.05, 0) is 24.6 Å². The molecule has 0 aliphatic heterocycles. The number of amides is 1. The maximum Gasteiger partial charge on any atom is 0.318 e. The van der Waals surface area contributed by atoms with Crippen LogP contribution in [0.25, 0.3) is 0 Å². The standard InChI is InChI=1S/C17H21NO7/c1-9(19)15(17(22)24-5)16(18-10(2)20)12-6-7-13(25-11(3)21)14(8-12)23-4/h6-8,15-16H,1-5H3,(H,18,20)/t15-,16+/m1/s1. The van der Waals surface area contributed by atoms with Crippen molar-refractivity contribution < 1.29 is 33.4 Å². The molecule has 0 unspecified atom stereocenters. The molecule has 2 atom stereocenters. The minimum Gasteiger partial charge on any atom is -0.493 e. The lowest BCUT2D eigenvalue weighted by molar-refractivity contribution is -0.150. The van der Waals surface area contributed by atoms with Gasteiger partial charge in [-0.3, -0.25) is 19.2 Å². The third-order valence-electron chi connectivity index (χ3n) is 3.39. The highest BCUT2D eigenvalue weighted by atomic mass is 16.6. The Morgan fingerprint density at radius 3 is 2.08 bits per heavy atom. The molecule has 136 valence electrons. The molecule has 0 radical (unpaired) electrons. The minimum absolute atomic E-state index is 0.178. The summed E-state index contributed by atoms with van der Waals surface area (Å²) in [6.45, 7) is 3.75. The van der Waals surface area contributed by atoms with Gasteiger partial charge in [0.15, 0.2) is 11.5 Å². The summed E-state index contributed by atoms with van der Waals surface area (Å²) in [5.74, 6) is -3.02. The van der Waals surface area contributed by atoms with Crippen LogP contribution in [0.5, 0.6) is 11.5 Å². The van der Waals surface area contributed by atoms with Gasteiger partial charge < -0.3 is 19.5 Å². The van der Waals surface area contributed by atoms with Gasteiger partial charge in [0.05, 0.1) is 20.3 Å². The van der Waals surface area contributed by atoms with E-state index in [1.54, 1.807) is 0 Å². The quantitative estimate of drug-likeness (QED) is 0.446. The van der Waals surface area contributed by atoms with E-state index in [1.807, 2.05) is 0 Å². The molecule has 25 heavy (non-hydrogen) atoms. The number of ether oxygens (including phenoxy) is 3. The summed E-state index contributed by atoms with van der Waals surface area (Å²) in [4.78, 5) is 46.7. The predicted octanol–water partition coefficient (Wildman–Crippen LogP) is 1.18. The zero-order chi connectivity index (χ0) is 19.1. The molecule has 0 bridgehead atoms. The third kappa shape index (κ3) is 5.30. The number of rotatable bonds is 7. The van der Waals surface area contributed by atoms with Crippen LogP contribution in [0.1, 0.15) is 32.4 Å². The molecular formula is C17H21NO7. The Hall–Kier alpha value is -2.90. The van der Waals surface area contributed by atoms with Crippen LogP contribution in [0.15, 0.2) is 18.2 Å². The lowest BCUT2D eigenvalue weighted by atomic mass is 9.89. The molecule has 0 saturated carbocycles. The predicted molar refractivity (Wildman–Crippen MR) is 87.0 cm³/mol. The van der Waals surface area contributed by atoms with Crippen LogP contribution in [0.3, 0.4) is 0 Å². The van der Waals surface area contributed by atoms with Crippen molar-refractivity contribution in [2.75, 3.05) is 14.2 Å². The Bertz CT molecular complexity index is 684. The molecule has 0 saturated heterocycles. The van der Waals surface area contributed by atoms with Crippen molar-refractivity contribution >= 4 is 23.6 Å². The summed E-state index contributed by atoms with van der Waals surface area (Å²) in [6, 6.07) is 3.51.